The highest BCUT2D eigenvalue weighted by atomic mass is 32.1. The van der Waals surface area contributed by atoms with Crippen LogP contribution in [0.15, 0.2) is 53.9 Å². The summed E-state index contributed by atoms with van der Waals surface area (Å²) >= 11 is 1.73. The molecule has 1 aliphatic rings. The first-order valence-electron chi connectivity index (χ1n) is 10.2. The quantitative estimate of drug-likeness (QED) is 0.602. The fourth-order valence-electron chi connectivity index (χ4n) is 3.67. The third-order valence-corrected chi connectivity index (χ3v) is 6.44. The van der Waals surface area contributed by atoms with E-state index in [0.29, 0.717) is 41.2 Å². The fourth-order valence-corrected chi connectivity index (χ4v) is 4.56. The number of nitrogens with zero attached hydrogens (tertiary/aromatic N) is 1. The molecule has 0 fully saturated rings. The maximum atomic E-state index is 13.1. The number of amides is 3. The Morgan fingerprint density at radius 2 is 1.97 bits per heavy atom. The van der Waals surface area contributed by atoms with E-state index in [1.807, 2.05) is 11.8 Å². The number of carbonyl (C=O) groups excluding carboxylic acids is 3. The van der Waals surface area contributed by atoms with Gasteiger partial charge in [0.15, 0.2) is 6.61 Å². The van der Waals surface area contributed by atoms with Crippen molar-refractivity contribution in [1.82, 2.24) is 4.90 Å². The Bertz CT molecular complexity index is 1190. The van der Waals surface area contributed by atoms with Gasteiger partial charge in [0, 0.05) is 34.8 Å². The van der Waals surface area contributed by atoms with E-state index in [1.54, 1.807) is 47.7 Å². The van der Waals surface area contributed by atoms with Crippen molar-refractivity contribution in [2.24, 2.45) is 5.73 Å². The highest BCUT2D eigenvalue weighted by Crippen LogP contribution is 2.27. The van der Waals surface area contributed by atoms with E-state index in [9.17, 15) is 14.4 Å². The second-order valence-corrected chi connectivity index (χ2v) is 8.55. The molecule has 8 heteroatoms. The number of thiophene rings is 1. The molecule has 4 rings (SSSR count). The third-order valence-electron chi connectivity index (χ3n) is 5.42. The predicted octanol–water partition coefficient (Wildman–Crippen LogP) is 3.37. The van der Waals surface area contributed by atoms with Crippen molar-refractivity contribution in [1.29, 1.82) is 0 Å². The van der Waals surface area contributed by atoms with E-state index in [0.717, 1.165) is 6.42 Å². The Labute approximate surface area is 189 Å². The summed E-state index contributed by atoms with van der Waals surface area (Å²) in [5.74, 6) is -0.617. The smallest absolute Gasteiger partial charge is 0.262 e. The molecule has 32 heavy (non-hydrogen) atoms. The van der Waals surface area contributed by atoms with E-state index in [1.165, 1.54) is 16.5 Å². The number of anilines is 1. The Morgan fingerprint density at radius 3 is 2.78 bits per heavy atom. The number of rotatable bonds is 6. The molecule has 0 saturated heterocycles. The molecule has 0 spiro atoms. The molecule has 1 aliphatic heterocycles. The van der Waals surface area contributed by atoms with Gasteiger partial charge in [0.25, 0.3) is 11.8 Å². The zero-order valence-corrected chi connectivity index (χ0v) is 18.4. The molecular formula is C24H23N3O4S. The van der Waals surface area contributed by atoms with Crippen LogP contribution in [0.5, 0.6) is 5.75 Å². The Hall–Kier alpha value is -3.65. The van der Waals surface area contributed by atoms with Crippen LogP contribution in [0.3, 0.4) is 0 Å². The molecule has 0 unspecified atom stereocenters. The normalized spacial score (nSPS) is 12.7. The molecule has 0 aliphatic carbocycles. The molecule has 7 nitrogen and oxygen atoms in total. The lowest BCUT2D eigenvalue weighted by Crippen LogP contribution is -2.35. The van der Waals surface area contributed by atoms with Crippen molar-refractivity contribution in [2.75, 3.05) is 18.5 Å². The van der Waals surface area contributed by atoms with E-state index < -0.39 is 5.91 Å². The van der Waals surface area contributed by atoms with Gasteiger partial charge in [-0.3, -0.25) is 14.4 Å². The largest absolute Gasteiger partial charge is 0.484 e. The van der Waals surface area contributed by atoms with Crippen LogP contribution in [0.1, 0.15) is 36.7 Å². The van der Waals surface area contributed by atoms with Crippen molar-refractivity contribution < 1.29 is 19.1 Å². The van der Waals surface area contributed by atoms with Gasteiger partial charge in [-0.25, -0.2) is 0 Å². The first-order valence-corrected chi connectivity index (χ1v) is 11.1. The fraction of sp³-hybridized carbons (Fsp3) is 0.208. The van der Waals surface area contributed by atoms with Gasteiger partial charge in [-0.2, -0.15) is 0 Å². The van der Waals surface area contributed by atoms with Gasteiger partial charge < -0.3 is 20.7 Å². The van der Waals surface area contributed by atoms with Crippen molar-refractivity contribution in [3.63, 3.8) is 0 Å². The van der Waals surface area contributed by atoms with Gasteiger partial charge in [-0.05, 0) is 66.2 Å². The molecule has 0 bridgehead atoms. The summed E-state index contributed by atoms with van der Waals surface area (Å²) in [4.78, 5) is 40.0. The van der Waals surface area contributed by atoms with Crippen molar-refractivity contribution in [3.05, 3.63) is 81.0 Å². The predicted molar refractivity (Wildman–Crippen MR) is 123 cm³/mol. The minimum Gasteiger partial charge on any atom is -0.484 e. The van der Waals surface area contributed by atoms with Crippen LogP contribution in [-0.2, 0) is 17.8 Å². The van der Waals surface area contributed by atoms with Gasteiger partial charge in [0.2, 0.25) is 5.91 Å². The second-order valence-electron chi connectivity index (χ2n) is 7.55. The van der Waals surface area contributed by atoms with Gasteiger partial charge >= 0.3 is 0 Å². The van der Waals surface area contributed by atoms with Crippen LogP contribution < -0.4 is 15.8 Å². The summed E-state index contributed by atoms with van der Waals surface area (Å²) in [5.41, 5.74) is 8.60. The monoisotopic (exact) mass is 449 g/mol. The third kappa shape index (κ3) is 4.65. The summed E-state index contributed by atoms with van der Waals surface area (Å²) in [6, 6.07) is 13.7. The number of benzene rings is 2. The lowest BCUT2D eigenvalue weighted by molar-refractivity contribution is -0.118. The topological polar surface area (TPSA) is 102 Å². The minimum absolute atomic E-state index is 0.0463. The summed E-state index contributed by atoms with van der Waals surface area (Å²) in [5, 5.41) is 4.86. The Morgan fingerprint density at radius 1 is 1.16 bits per heavy atom. The standard InChI is InChI=1S/C24H23N3O4S/c1-15-19(24(30)27-10-8-21-17(13-27)9-11-32-21)6-3-7-20(15)26-22(28)14-31-18-5-2-4-16(12-18)23(25)29/h2-7,9,11-12H,8,10,13-14H2,1H3,(H2,25,29)(H,26,28). The maximum Gasteiger partial charge on any atom is 0.262 e. The molecule has 3 N–H and O–H groups in total. The highest BCUT2D eigenvalue weighted by Gasteiger charge is 2.24. The van der Waals surface area contributed by atoms with Gasteiger partial charge in [0.1, 0.15) is 5.75 Å². The van der Waals surface area contributed by atoms with Crippen LogP contribution in [0, 0.1) is 6.92 Å². The van der Waals surface area contributed by atoms with Crippen molar-refractivity contribution in [2.45, 2.75) is 19.9 Å². The summed E-state index contributed by atoms with van der Waals surface area (Å²) in [6.07, 6.45) is 0.864. The van der Waals surface area contributed by atoms with Crippen LogP contribution in [0.2, 0.25) is 0 Å². The second kappa shape index (κ2) is 9.23. The average molecular weight is 450 g/mol. The van der Waals surface area contributed by atoms with Crippen LogP contribution in [-0.4, -0.2) is 35.8 Å². The molecule has 2 heterocycles. The zero-order chi connectivity index (χ0) is 22.7. The summed E-state index contributed by atoms with van der Waals surface area (Å²) in [6.45, 7) is 2.86. The van der Waals surface area contributed by atoms with E-state index in [2.05, 4.69) is 16.8 Å². The van der Waals surface area contributed by atoms with Crippen LogP contribution in [0.25, 0.3) is 0 Å². The molecule has 3 aromatic rings. The van der Waals surface area contributed by atoms with Gasteiger partial charge in [-0.15, -0.1) is 11.3 Å². The number of primary amides is 1. The molecule has 164 valence electrons. The number of ether oxygens (including phenoxy) is 1. The lowest BCUT2D eigenvalue weighted by atomic mass is 10.0. The van der Waals surface area contributed by atoms with Crippen LogP contribution >= 0.6 is 11.3 Å². The summed E-state index contributed by atoms with van der Waals surface area (Å²) < 4.78 is 5.48. The highest BCUT2D eigenvalue weighted by molar-refractivity contribution is 7.10. The van der Waals surface area contributed by atoms with Gasteiger partial charge in [0.05, 0.1) is 0 Å². The Balaban J connectivity index is 1.41. The van der Waals surface area contributed by atoms with E-state index in [-0.39, 0.29) is 18.4 Å². The van der Waals surface area contributed by atoms with E-state index in [4.69, 9.17) is 10.5 Å². The lowest BCUT2D eigenvalue weighted by Gasteiger charge is -2.28. The molecular weight excluding hydrogens is 426 g/mol. The molecule has 0 atom stereocenters. The number of carbonyl (C=O) groups is 3. The maximum absolute atomic E-state index is 13.1. The van der Waals surface area contributed by atoms with Crippen LogP contribution in [0.4, 0.5) is 5.69 Å². The Kier molecular flexibility index (Phi) is 6.23. The number of nitrogens with one attached hydrogen (secondary N) is 1. The SMILES string of the molecule is Cc1c(NC(=O)COc2cccc(C(N)=O)c2)cccc1C(=O)N1CCc2sccc2C1. The minimum atomic E-state index is -0.569. The molecule has 1 aromatic heterocycles. The number of hydrogen-bond donors (Lipinski definition) is 2. The average Bonchev–Trinajstić information content (AvgIpc) is 3.27. The molecule has 0 radical (unpaired) electrons. The number of hydrogen-bond acceptors (Lipinski definition) is 5. The molecule has 3 amide bonds. The van der Waals surface area contributed by atoms with Crippen molar-refractivity contribution >= 4 is 34.7 Å². The number of fused-ring (bicyclic) bond motifs is 1. The van der Waals surface area contributed by atoms with E-state index >= 15 is 0 Å². The number of nitrogens with two attached hydrogens (primary N) is 1. The first kappa shape index (κ1) is 21.6. The summed E-state index contributed by atoms with van der Waals surface area (Å²) in [7, 11) is 0. The first-order chi connectivity index (χ1) is 15.4. The molecule has 0 saturated carbocycles. The van der Waals surface area contributed by atoms with Crippen molar-refractivity contribution in [3.8, 4) is 5.75 Å². The van der Waals surface area contributed by atoms with Gasteiger partial charge in [-0.1, -0.05) is 12.1 Å². The zero-order valence-electron chi connectivity index (χ0n) is 17.6. The molecule has 2 aromatic carbocycles.